The summed E-state index contributed by atoms with van der Waals surface area (Å²) < 4.78 is 0. The second-order valence-corrected chi connectivity index (χ2v) is 2.37. The Balaban J connectivity index is 3.82. The first-order chi connectivity index (χ1) is 4.66. The van der Waals surface area contributed by atoms with E-state index in [-0.39, 0.29) is 0 Å². The van der Waals surface area contributed by atoms with Gasteiger partial charge in [-0.25, -0.2) is 0 Å². The molecule has 0 heterocycles. The van der Waals surface area contributed by atoms with Crippen LogP contribution in [0, 0.1) is 0 Å². The van der Waals surface area contributed by atoms with Crippen LogP contribution in [0.5, 0.6) is 0 Å². The highest BCUT2D eigenvalue weighted by Crippen LogP contribution is 1.91. The zero-order valence-electron chi connectivity index (χ0n) is 7.14. The third-order valence-electron chi connectivity index (χ3n) is 0.835. The second kappa shape index (κ2) is 5.03. The molecule has 0 unspecified atom stereocenters. The van der Waals surface area contributed by atoms with E-state index < -0.39 is 0 Å². The first-order valence-electron chi connectivity index (χ1n) is 3.48. The van der Waals surface area contributed by atoms with Gasteiger partial charge in [0, 0.05) is 0 Å². The predicted molar refractivity (Wildman–Crippen MR) is 44.2 cm³/mol. The first-order valence-corrected chi connectivity index (χ1v) is 3.48. The number of oxime groups is 1. The van der Waals surface area contributed by atoms with E-state index in [0.717, 1.165) is 5.71 Å². The molecule has 58 valence electrons. The Bertz CT molecular complexity index is 143. The van der Waals surface area contributed by atoms with E-state index >= 15 is 0 Å². The minimum absolute atomic E-state index is 0.633. The van der Waals surface area contributed by atoms with Crippen molar-refractivity contribution in [3.8, 4) is 0 Å². The first kappa shape index (κ1) is 9.21. The summed E-state index contributed by atoms with van der Waals surface area (Å²) in [4.78, 5) is 4.84. The Hall–Kier alpha value is -0.790. The van der Waals surface area contributed by atoms with E-state index in [1.165, 1.54) is 5.57 Å². The van der Waals surface area contributed by atoms with Gasteiger partial charge in [0.05, 0.1) is 5.71 Å². The van der Waals surface area contributed by atoms with E-state index in [0.29, 0.717) is 6.61 Å². The molecule has 0 bridgehead atoms. The van der Waals surface area contributed by atoms with Crippen LogP contribution in [-0.2, 0) is 4.84 Å². The molecule has 0 aliphatic heterocycles. The van der Waals surface area contributed by atoms with Gasteiger partial charge in [-0.15, -0.1) is 0 Å². The van der Waals surface area contributed by atoms with Gasteiger partial charge in [0.1, 0.15) is 6.61 Å². The Morgan fingerprint density at radius 2 is 2.00 bits per heavy atom. The standard InChI is InChI=1S/C8H15NO/c1-5-10-9-8(4)6-7(2)3/h6H,5H2,1-4H3. The molecule has 0 aromatic rings. The lowest BCUT2D eigenvalue weighted by molar-refractivity contribution is 0.159. The van der Waals surface area contributed by atoms with Crippen molar-refractivity contribution in [3.05, 3.63) is 11.6 Å². The average molecular weight is 141 g/mol. The van der Waals surface area contributed by atoms with Gasteiger partial charge in [-0.3, -0.25) is 0 Å². The van der Waals surface area contributed by atoms with E-state index in [2.05, 4.69) is 5.16 Å². The van der Waals surface area contributed by atoms with Crippen LogP contribution in [0.25, 0.3) is 0 Å². The van der Waals surface area contributed by atoms with Crippen molar-refractivity contribution in [2.75, 3.05) is 6.61 Å². The normalized spacial score (nSPS) is 11.0. The summed E-state index contributed by atoms with van der Waals surface area (Å²) in [5, 5.41) is 3.82. The smallest absolute Gasteiger partial charge is 0.114 e. The highest BCUT2D eigenvalue weighted by molar-refractivity contribution is 5.92. The fourth-order valence-electron chi connectivity index (χ4n) is 0.610. The zero-order valence-corrected chi connectivity index (χ0v) is 7.14. The molecule has 0 saturated heterocycles. The fraction of sp³-hybridized carbons (Fsp3) is 0.625. The summed E-state index contributed by atoms with van der Waals surface area (Å²) in [6.45, 7) is 8.53. The fourth-order valence-corrected chi connectivity index (χ4v) is 0.610. The van der Waals surface area contributed by atoms with Gasteiger partial charge < -0.3 is 4.84 Å². The highest BCUT2D eigenvalue weighted by atomic mass is 16.6. The number of rotatable bonds is 3. The summed E-state index contributed by atoms with van der Waals surface area (Å²) >= 11 is 0. The summed E-state index contributed by atoms with van der Waals surface area (Å²) in [6, 6.07) is 0. The maximum atomic E-state index is 4.84. The summed E-state index contributed by atoms with van der Waals surface area (Å²) in [6.07, 6.45) is 1.98. The van der Waals surface area contributed by atoms with Gasteiger partial charge in [0.15, 0.2) is 0 Å². The third-order valence-corrected chi connectivity index (χ3v) is 0.835. The molecule has 0 radical (unpaired) electrons. The van der Waals surface area contributed by atoms with Gasteiger partial charge in [0.2, 0.25) is 0 Å². The van der Waals surface area contributed by atoms with E-state index in [1.54, 1.807) is 0 Å². The number of nitrogens with zero attached hydrogens (tertiary/aromatic N) is 1. The Morgan fingerprint density at radius 1 is 1.40 bits per heavy atom. The Morgan fingerprint density at radius 3 is 2.40 bits per heavy atom. The topological polar surface area (TPSA) is 21.6 Å². The monoisotopic (exact) mass is 141 g/mol. The van der Waals surface area contributed by atoms with Gasteiger partial charge >= 0.3 is 0 Å². The van der Waals surface area contributed by atoms with Crippen molar-refractivity contribution in [2.45, 2.75) is 27.7 Å². The van der Waals surface area contributed by atoms with Crippen LogP contribution in [0.1, 0.15) is 27.7 Å². The van der Waals surface area contributed by atoms with Crippen LogP contribution >= 0.6 is 0 Å². The van der Waals surface area contributed by atoms with Crippen molar-refractivity contribution in [1.82, 2.24) is 0 Å². The minimum Gasteiger partial charge on any atom is -0.396 e. The molecule has 10 heavy (non-hydrogen) atoms. The molecule has 2 heteroatoms. The van der Waals surface area contributed by atoms with Crippen LogP contribution in [0.2, 0.25) is 0 Å². The summed E-state index contributed by atoms with van der Waals surface area (Å²) in [7, 11) is 0. The minimum atomic E-state index is 0.633. The van der Waals surface area contributed by atoms with Crippen LogP contribution in [0.4, 0.5) is 0 Å². The lowest BCUT2D eigenvalue weighted by Gasteiger charge is -1.93. The molecule has 0 amide bonds. The van der Waals surface area contributed by atoms with Crippen molar-refractivity contribution < 1.29 is 4.84 Å². The number of hydrogen-bond acceptors (Lipinski definition) is 2. The van der Waals surface area contributed by atoms with Crippen LogP contribution in [0.15, 0.2) is 16.8 Å². The maximum Gasteiger partial charge on any atom is 0.114 e. The van der Waals surface area contributed by atoms with Crippen LogP contribution in [0.3, 0.4) is 0 Å². The molecule has 0 atom stereocenters. The summed E-state index contributed by atoms with van der Waals surface area (Å²) in [5.41, 5.74) is 2.16. The van der Waals surface area contributed by atoms with Crippen molar-refractivity contribution in [3.63, 3.8) is 0 Å². The molecule has 0 saturated carbocycles. The molecule has 0 spiro atoms. The zero-order chi connectivity index (χ0) is 7.98. The lowest BCUT2D eigenvalue weighted by Crippen LogP contribution is -1.89. The molecule has 0 aromatic carbocycles. The average Bonchev–Trinajstić information content (AvgIpc) is 1.82. The van der Waals surface area contributed by atoms with Crippen LogP contribution < -0.4 is 0 Å². The van der Waals surface area contributed by atoms with E-state index in [4.69, 9.17) is 4.84 Å². The molecule has 0 N–H and O–H groups in total. The molecule has 0 aliphatic carbocycles. The van der Waals surface area contributed by atoms with Crippen LogP contribution in [-0.4, -0.2) is 12.3 Å². The Kier molecular flexibility index (Phi) is 4.63. The van der Waals surface area contributed by atoms with Gasteiger partial charge in [-0.05, 0) is 33.8 Å². The third kappa shape index (κ3) is 5.35. The maximum absolute atomic E-state index is 4.84. The van der Waals surface area contributed by atoms with Gasteiger partial charge in [-0.1, -0.05) is 10.7 Å². The predicted octanol–water partition coefficient (Wildman–Crippen LogP) is 2.37. The SMILES string of the molecule is CCON=C(C)C=C(C)C. The molecular formula is C8H15NO. The molecular weight excluding hydrogens is 126 g/mol. The summed E-state index contributed by atoms with van der Waals surface area (Å²) in [5.74, 6) is 0. The largest absolute Gasteiger partial charge is 0.396 e. The highest BCUT2D eigenvalue weighted by Gasteiger charge is 1.83. The molecule has 2 nitrogen and oxygen atoms in total. The van der Waals surface area contributed by atoms with E-state index in [9.17, 15) is 0 Å². The quantitative estimate of drug-likeness (QED) is 0.436. The van der Waals surface area contributed by atoms with Crippen molar-refractivity contribution >= 4 is 5.71 Å². The van der Waals surface area contributed by atoms with Gasteiger partial charge in [-0.2, -0.15) is 0 Å². The van der Waals surface area contributed by atoms with Crippen molar-refractivity contribution in [2.24, 2.45) is 5.16 Å². The number of hydrogen-bond donors (Lipinski definition) is 0. The molecule has 0 aromatic heterocycles. The van der Waals surface area contributed by atoms with Crippen molar-refractivity contribution in [1.29, 1.82) is 0 Å². The lowest BCUT2D eigenvalue weighted by atomic mass is 10.3. The Labute approximate surface area is 62.6 Å². The molecule has 0 fully saturated rings. The second-order valence-electron chi connectivity index (χ2n) is 2.37. The molecule has 0 aliphatic rings. The van der Waals surface area contributed by atoms with E-state index in [1.807, 2.05) is 33.8 Å². The molecule has 0 rings (SSSR count). The van der Waals surface area contributed by atoms with Gasteiger partial charge in [0.25, 0.3) is 0 Å². The number of allylic oxidation sites excluding steroid dienone is 2.